The normalized spacial score (nSPS) is 31.9. The van der Waals surface area contributed by atoms with Gasteiger partial charge in [0.05, 0.1) is 17.9 Å². The van der Waals surface area contributed by atoms with Crippen molar-refractivity contribution in [2.24, 2.45) is 22.7 Å². The lowest BCUT2D eigenvalue weighted by Crippen LogP contribution is -2.54. The third-order valence-electron chi connectivity index (χ3n) is 7.87. The van der Waals surface area contributed by atoms with Gasteiger partial charge in [-0.15, -0.1) is 0 Å². The molecule has 3 nitrogen and oxygen atoms in total. The van der Waals surface area contributed by atoms with E-state index in [-0.39, 0.29) is 16.7 Å². The summed E-state index contributed by atoms with van der Waals surface area (Å²) < 4.78 is 5.26. The largest absolute Gasteiger partial charge is 0.472 e. The number of fused-ring (bicyclic) bond motifs is 1. The number of nitrogens with one attached hydrogen (secondary N) is 1. The van der Waals surface area contributed by atoms with E-state index in [4.69, 9.17) is 4.42 Å². The van der Waals surface area contributed by atoms with Gasteiger partial charge in [-0.1, -0.05) is 50.6 Å². The monoisotopic (exact) mass is 391 g/mol. The van der Waals surface area contributed by atoms with Crippen molar-refractivity contribution in [1.29, 1.82) is 0 Å². The molecule has 1 N–H and O–H groups in total. The molecular formula is C26H33NO2. The van der Waals surface area contributed by atoms with E-state index in [2.05, 4.69) is 31.8 Å². The van der Waals surface area contributed by atoms with Gasteiger partial charge in [-0.3, -0.25) is 4.79 Å². The second-order valence-corrected chi connectivity index (χ2v) is 9.57. The summed E-state index contributed by atoms with van der Waals surface area (Å²) in [5, 5.41) is 3.21. The average Bonchev–Trinajstić information content (AvgIpc) is 3.21. The topological polar surface area (TPSA) is 42.2 Å². The van der Waals surface area contributed by atoms with Crippen LogP contribution in [0.25, 0.3) is 0 Å². The summed E-state index contributed by atoms with van der Waals surface area (Å²) >= 11 is 0. The Balaban J connectivity index is 1.57. The Morgan fingerprint density at radius 1 is 1.21 bits per heavy atom. The number of carbonyl (C=O) groups excluding carboxylic acids is 1. The number of para-hydroxylation sites is 1. The summed E-state index contributed by atoms with van der Waals surface area (Å²) in [5.74, 6) is 1.02. The van der Waals surface area contributed by atoms with Crippen molar-refractivity contribution >= 4 is 11.6 Å². The molecule has 0 bridgehead atoms. The number of aryl methyl sites for hydroxylation is 1. The van der Waals surface area contributed by atoms with E-state index in [1.165, 1.54) is 17.6 Å². The minimum absolute atomic E-state index is 0.125. The molecule has 1 aromatic heterocycles. The maximum absolute atomic E-state index is 13.5. The first-order valence-corrected chi connectivity index (χ1v) is 11.0. The molecule has 0 radical (unpaired) electrons. The van der Waals surface area contributed by atoms with Gasteiger partial charge in [-0.2, -0.15) is 0 Å². The van der Waals surface area contributed by atoms with Gasteiger partial charge in [-0.05, 0) is 79.5 Å². The molecule has 1 heterocycles. The molecule has 2 aromatic rings. The lowest BCUT2D eigenvalue weighted by Gasteiger charge is -2.58. The summed E-state index contributed by atoms with van der Waals surface area (Å²) in [4.78, 5) is 13.5. The van der Waals surface area contributed by atoms with Crippen molar-refractivity contribution in [1.82, 2.24) is 0 Å². The van der Waals surface area contributed by atoms with Gasteiger partial charge in [0.2, 0.25) is 5.91 Å². The molecule has 3 heteroatoms. The van der Waals surface area contributed by atoms with Gasteiger partial charge in [0, 0.05) is 5.69 Å². The van der Waals surface area contributed by atoms with E-state index in [1.54, 1.807) is 6.26 Å². The fraction of sp³-hybridized carbons (Fsp3) is 0.500. The Labute approximate surface area is 174 Å². The molecule has 4 atom stereocenters. The number of carbonyl (C=O) groups is 1. The molecule has 0 saturated heterocycles. The van der Waals surface area contributed by atoms with E-state index in [9.17, 15) is 4.79 Å². The number of furan rings is 1. The predicted octanol–water partition coefficient (Wildman–Crippen LogP) is 6.63. The second kappa shape index (κ2) is 7.85. The highest BCUT2D eigenvalue weighted by Crippen LogP contribution is 2.62. The standard InChI is InChI=1S/C26H33NO2/c1-19-10-13-23-25(2,22(19)12-11-20-14-17-29-18-20)15-7-16-26(23,3)24(28)27-21-8-5-4-6-9-21/h4-6,8-9,14,17-18,22-23H,1,7,10-13,15-16H2,2-3H3,(H,27,28)/t22-,23+,25+,26-/m0/s1. The number of amides is 1. The van der Waals surface area contributed by atoms with Crippen LogP contribution in [0.4, 0.5) is 5.69 Å². The van der Waals surface area contributed by atoms with Crippen LogP contribution >= 0.6 is 0 Å². The van der Waals surface area contributed by atoms with Crippen molar-refractivity contribution in [2.75, 3.05) is 5.32 Å². The van der Waals surface area contributed by atoms with Gasteiger partial charge in [0.1, 0.15) is 0 Å². The molecule has 0 spiro atoms. The van der Waals surface area contributed by atoms with E-state index < -0.39 is 0 Å². The number of anilines is 1. The summed E-state index contributed by atoms with van der Waals surface area (Å²) in [5.41, 5.74) is 3.31. The summed E-state index contributed by atoms with van der Waals surface area (Å²) in [7, 11) is 0. The third-order valence-corrected chi connectivity index (χ3v) is 7.87. The van der Waals surface area contributed by atoms with Gasteiger partial charge in [0.15, 0.2) is 0 Å². The van der Waals surface area contributed by atoms with E-state index in [1.807, 2.05) is 36.6 Å². The lowest BCUT2D eigenvalue weighted by molar-refractivity contribution is -0.140. The first-order chi connectivity index (χ1) is 13.9. The Hall–Kier alpha value is -2.29. The molecule has 29 heavy (non-hydrogen) atoms. The van der Waals surface area contributed by atoms with E-state index in [0.29, 0.717) is 11.8 Å². The van der Waals surface area contributed by atoms with Crippen LogP contribution in [0.3, 0.4) is 0 Å². The van der Waals surface area contributed by atoms with Crippen molar-refractivity contribution in [2.45, 2.75) is 58.8 Å². The first-order valence-electron chi connectivity index (χ1n) is 11.0. The quantitative estimate of drug-likeness (QED) is 0.581. The molecule has 1 amide bonds. The number of hydrogen-bond donors (Lipinski definition) is 1. The molecule has 2 aliphatic rings. The number of hydrogen-bond acceptors (Lipinski definition) is 2. The average molecular weight is 392 g/mol. The molecule has 154 valence electrons. The van der Waals surface area contributed by atoms with Gasteiger partial charge < -0.3 is 9.73 Å². The van der Waals surface area contributed by atoms with Crippen LogP contribution in [0.5, 0.6) is 0 Å². The highest BCUT2D eigenvalue weighted by atomic mass is 16.3. The van der Waals surface area contributed by atoms with E-state index in [0.717, 1.165) is 44.2 Å². The smallest absolute Gasteiger partial charge is 0.230 e. The molecular weight excluding hydrogens is 358 g/mol. The summed E-state index contributed by atoms with van der Waals surface area (Å²) in [6.45, 7) is 9.10. The first kappa shape index (κ1) is 20.0. The highest BCUT2D eigenvalue weighted by Gasteiger charge is 2.57. The highest BCUT2D eigenvalue weighted by molar-refractivity contribution is 5.95. The van der Waals surface area contributed by atoms with Gasteiger partial charge >= 0.3 is 0 Å². The molecule has 2 saturated carbocycles. The zero-order chi connectivity index (χ0) is 20.5. The molecule has 2 aliphatic carbocycles. The van der Waals surface area contributed by atoms with Crippen LogP contribution in [0, 0.1) is 22.7 Å². The second-order valence-electron chi connectivity index (χ2n) is 9.57. The molecule has 4 rings (SSSR count). The zero-order valence-corrected chi connectivity index (χ0v) is 17.7. The van der Waals surface area contributed by atoms with Crippen LogP contribution in [-0.2, 0) is 11.2 Å². The lowest BCUT2D eigenvalue weighted by atomic mass is 9.46. The van der Waals surface area contributed by atoms with Gasteiger partial charge in [0.25, 0.3) is 0 Å². The number of allylic oxidation sites excluding steroid dienone is 1. The van der Waals surface area contributed by atoms with Crippen LogP contribution in [0.2, 0.25) is 0 Å². The summed E-state index contributed by atoms with van der Waals surface area (Å²) in [6, 6.07) is 11.9. The van der Waals surface area contributed by atoms with E-state index >= 15 is 0 Å². The number of rotatable bonds is 5. The molecule has 0 unspecified atom stereocenters. The molecule has 2 fully saturated rings. The van der Waals surface area contributed by atoms with Crippen molar-refractivity contribution in [3.05, 3.63) is 66.6 Å². The Morgan fingerprint density at radius 2 is 2.00 bits per heavy atom. The minimum Gasteiger partial charge on any atom is -0.472 e. The van der Waals surface area contributed by atoms with Crippen molar-refractivity contribution in [3.8, 4) is 0 Å². The summed E-state index contributed by atoms with van der Waals surface area (Å²) in [6.07, 6.45) is 11.0. The van der Waals surface area contributed by atoms with Crippen molar-refractivity contribution in [3.63, 3.8) is 0 Å². The van der Waals surface area contributed by atoms with Crippen molar-refractivity contribution < 1.29 is 9.21 Å². The fourth-order valence-corrected chi connectivity index (χ4v) is 6.30. The number of benzene rings is 1. The fourth-order valence-electron chi connectivity index (χ4n) is 6.30. The third kappa shape index (κ3) is 3.68. The maximum atomic E-state index is 13.5. The zero-order valence-electron chi connectivity index (χ0n) is 17.7. The predicted molar refractivity (Wildman–Crippen MR) is 118 cm³/mol. The molecule has 0 aliphatic heterocycles. The SMILES string of the molecule is C=C1CC[C@@H]2[C@](C)(CCC[C@]2(C)C(=O)Nc2ccccc2)[C@H]1CCc1ccoc1. The Morgan fingerprint density at radius 3 is 2.72 bits per heavy atom. The van der Waals surface area contributed by atoms with Crippen LogP contribution < -0.4 is 5.32 Å². The minimum atomic E-state index is -0.336. The van der Waals surface area contributed by atoms with Gasteiger partial charge in [-0.25, -0.2) is 0 Å². The maximum Gasteiger partial charge on any atom is 0.230 e. The van der Waals surface area contributed by atoms with Crippen LogP contribution in [0.1, 0.15) is 57.9 Å². The molecule has 1 aromatic carbocycles. The van der Waals surface area contributed by atoms with Crippen LogP contribution in [0.15, 0.2) is 65.5 Å². The Bertz CT molecular complexity index is 856. The van der Waals surface area contributed by atoms with Crippen LogP contribution in [-0.4, -0.2) is 5.91 Å². The Kier molecular flexibility index (Phi) is 5.42.